The van der Waals surface area contributed by atoms with Crippen molar-refractivity contribution in [1.82, 2.24) is 5.43 Å². The third-order valence-corrected chi connectivity index (χ3v) is 4.18. The van der Waals surface area contributed by atoms with E-state index in [0.717, 1.165) is 5.56 Å². The number of halogens is 1. The van der Waals surface area contributed by atoms with Gasteiger partial charge in [0, 0.05) is 5.69 Å². The number of carbonyl (C=O) groups is 2. The minimum Gasteiger partial charge on any atom is -0.493 e. The summed E-state index contributed by atoms with van der Waals surface area (Å²) in [5, 5.41) is 6.63. The molecule has 2 aromatic carbocycles. The molecule has 0 saturated carbocycles. The van der Waals surface area contributed by atoms with Gasteiger partial charge in [-0.25, -0.2) is 15.0 Å². The van der Waals surface area contributed by atoms with E-state index < -0.39 is 12.0 Å². The van der Waals surface area contributed by atoms with E-state index in [1.54, 1.807) is 18.2 Å². The molecule has 9 heteroatoms. The molecule has 0 saturated heterocycles. The molecule has 0 bridgehead atoms. The molecule has 148 valence electrons. The summed E-state index contributed by atoms with van der Waals surface area (Å²) in [7, 11) is 2.75. The summed E-state index contributed by atoms with van der Waals surface area (Å²) < 4.78 is 15.8. The third kappa shape index (κ3) is 5.98. The number of carbonyl (C=O) groups excluding carboxylic acids is 2. The van der Waals surface area contributed by atoms with Crippen molar-refractivity contribution in [3.05, 3.63) is 52.0 Å². The van der Waals surface area contributed by atoms with E-state index in [1.165, 1.54) is 20.4 Å². The minimum absolute atomic E-state index is 0.250. The monoisotopic (exact) mass is 449 g/mol. The number of amides is 2. The van der Waals surface area contributed by atoms with Gasteiger partial charge in [-0.15, -0.1) is 0 Å². The van der Waals surface area contributed by atoms with Crippen molar-refractivity contribution in [3.63, 3.8) is 0 Å². The van der Waals surface area contributed by atoms with Crippen LogP contribution >= 0.6 is 15.9 Å². The van der Waals surface area contributed by atoms with Crippen molar-refractivity contribution in [1.29, 1.82) is 0 Å². The fraction of sp³-hybridized carbons (Fsp3) is 0.211. The van der Waals surface area contributed by atoms with Crippen molar-refractivity contribution in [2.75, 3.05) is 26.1 Å². The van der Waals surface area contributed by atoms with Crippen LogP contribution < -0.4 is 20.2 Å². The van der Waals surface area contributed by atoms with E-state index in [0.29, 0.717) is 27.2 Å². The second-order valence-electron chi connectivity index (χ2n) is 5.54. The molecular formula is C19H20BrN3O5. The van der Waals surface area contributed by atoms with Crippen LogP contribution in [-0.4, -0.2) is 39.0 Å². The molecule has 0 aliphatic heterocycles. The number of nitrogens with one attached hydrogen (secondary N) is 2. The van der Waals surface area contributed by atoms with Crippen molar-refractivity contribution in [2.45, 2.75) is 6.92 Å². The molecule has 0 unspecified atom stereocenters. The van der Waals surface area contributed by atoms with Crippen LogP contribution in [0, 0.1) is 6.92 Å². The molecule has 2 aromatic rings. The summed E-state index contributed by atoms with van der Waals surface area (Å²) in [6, 6.07) is 10.3. The fourth-order valence-corrected chi connectivity index (χ4v) is 2.75. The summed E-state index contributed by atoms with van der Waals surface area (Å²) >= 11 is 3.37. The molecule has 0 aliphatic rings. The smallest absolute Gasteiger partial charge is 0.343 e. The van der Waals surface area contributed by atoms with Gasteiger partial charge in [0.05, 0.1) is 24.9 Å². The highest BCUT2D eigenvalue weighted by Gasteiger charge is 2.13. The number of nitrogens with zero attached hydrogens (tertiary/aromatic N) is 1. The van der Waals surface area contributed by atoms with Crippen LogP contribution in [0.3, 0.4) is 0 Å². The number of urea groups is 1. The molecule has 0 fully saturated rings. The third-order valence-electron chi connectivity index (χ3n) is 3.59. The number of hydrazone groups is 1. The van der Waals surface area contributed by atoms with E-state index in [4.69, 9.17) is 9.47 Å². The van der Waals surface area contributed by atoms with Gasteiger partial charge in [-0.3, -0.25) is 0 Å². The minimum atomic E-state index is -0.511. The quantitative estimate of drug-likeness (QED) is 0.383. The van der Waals surface area contributed by atoms with E-state index in [9.17, 15) is 9.59 Å². The van der Waals surface area contributed by atoms with Gasteiger partial charge in [-0.2, -0.15) is 5.10 Å². The first kappa shape index (κ1) is 21.2. The van der Waals surface area contributed by atoms with Crippen LogP contribution in [0.15, 0.2) is 46.0 Å². The maximum Gasteiger partial charge on any atom is 0.343 e. The lowest BCUT2D eigenvalue weighted by Crippen LogP contribution is -2.24. The summed E-state index contributed by atoms with van der Waals surface area (Å²) in [5.41, 5.74) is 4.68. The van der Waals surface area contributed by atoms with Gasteiger partial charge in [0.25, 0.3) is 0 Å². The normalized spacial score (nSPS) is 10.4. The Morgan fingerprint density at radius 1 is 1.21 bits per heavy atom. The van der Waals surface area contributed by atoms with Gasteiger partial charge < -0.3 is 19.5 Å². The highest BCUT2D eigenvalue weighted by Crippen LogP contribution is 2.36. The van der Waals surface area contributed by atoms with Gasteiger partial charge in [0.15, 0.2) is 18.1 Å². The summed E-state index contributed by atoms with van der Waals surface area (Å²) in [6.45, 7) is 1.64. The summed E-state index contributed by atoms with van der Waals surface area (Å²) in [6.07, 6.45) is 1.45. The van der Waals surface area contributed by atoms with Gasteiger partial charge >= 0.3 is 12.0 Å². The number of esters is 1. The van der Waals surface area contributed by atoms with Gasteiger partial charge in [0.2, 0.25) is 0 Å². The zero-order valence-corrected chi connectivity index (χ0v) is 17.2. The summed E-state index contributed by atoms with van der Waals surface area (Å²) in [5.74, 6) is 0.239. The largest absolute Gasteiger partial charge is 0.493 e. The molecular weight excluding hydrogens is 430 g/mol. The zero-order valence-electron chi connectivity index (χ0n) is 15.6. The zero-order chi connectivity index (χ0) is 20.5. The molecule has 0 spiro atoms. The highest BCUT2D eigenvalue weighted by atomic mass is 79.9. The Kier molecular flexibility index (Phi) is 7.82. The average Bonchev–Trinajstić information content (AvgIpc) is 2.68. The van der Waals surface area contributed by atoms with Crippen LogP contribution in [-0.2, 0) is 9.53 Å². The standard InChI is InChI=1S/C19H20BrN3O5/c1-12-6-4-5-7-15(12)22-19(25)23-21-10-13-8-14(20)18(16(9-13)26-2)28-11-17(24)27-3/h4-10H,11H2,1-3H3,(H2,22,23,25). The van der Waals surface area contributed by atoms with Crippen LogP contribution in [0.5, 0.6) is 11.5 Å². The fourth-order valence-electron chi connectivity index (χ4n) is 2.17. The molecule has 0 aromatic heterocycles. The molecule has 2 amide bonds. The Hall–Kier alpha value is -3.07. The molecule has 0 radical (unpaired) electrons. The van der Waals surface area contributed by atoms with Crippen LogP contribution in [0.2, 0.25) is 0 Å². The van der Waals surface area contributed by atoms with E-state index in [2.05, 4.69) is 36.5 Å². The van der Waals surface area contributed by atoms with E-state index >= 15 is 0 Å². The molecule has 0 atom stereocenters. The number of hydrogen-bond donors (Lipinski definition) is 2. The predicted molar refractivity (Wildman–Crippen MR) is 109 cm³/mol. The van der Waals surface area contributed by atoms with Crippen molar-refractivity contribution >= 4 is 39.8 Å². The van der Waals surface area contributed by atoms with Crippen molar-refractivity contribution < 1.29 is 23.8 Å². The number of hydrogen-bond acceptors (Lipinski definition) is 6. The van der Waals surface area contributed by atoms with Crippen molar-refractivity contribution in [2.24, 2.45) is 5.10 Å². The van der Waals surface area contributed by atoms with Gasteiger partial charge in [-0.05, 0) is 52.2 Å². The number of ether oxygens (including phenoxy) is 3. The predicted octanol–water partition coefficient (Wildman–Crippen LogP) is 3.47. The molecule has 8 nitrogen and oxygen atoms in total. The highest BCUT2D eigenvalue weighted by molar-refractivity contribution is 9.10. The lowest BCUT2D eigenvalue weighted by atomic mass is 10.2. The second kappa shape index (κ2) is 10.3. The Morgan fingerprint density at radius 2 is 1.96 bits per heavy atom. The maximum atomic E-state index is 11.9. The van der Waals surface area contributed by atoms with Crippen LogP contribution in [0.4, 0.5) is 10.5 Å². The molecule has 0 aliphatic carbocycles. The Balaban J connectivity index is 2.03. The second-order valence-corrected chi connectivity index (χ2v) is 6.39. The average molecular weight is 450 g/mol. The first-order valence-electron chi connectivity index (χ1n) is 8.17. The molecule has 28 heavy (non-hydrogen) atoms. The first-order chi connectivity index (χ1) is 13.4. The Bertz CT molecular complexity index is 886. The number of anilines is 1. The number of methoxy groups -OCH3 is 2. The van der Waals surface area contributed by atoms with Crippen LogP contribution in [0.1, 0.15) is 11.1 Å². The number of para-hydroxylation sites is 1. The first-order valence-corrected chi connectivity index (χ1v) is 8.96. The Morgan fingerprint density at radius 3 is 2.64 bits per heavy atom. The van der Waals surface area contributed by atoms with Crippen LogP contribution in [0.25, 0.3) is 0 Å². The molecule has 2 rings (SSSR count). The lowest BCUT2D eigenvalue weighted by Gasteiger charge is -2.12. The topological polar surface area (TPSA) is 98.3 Å². The van der Waals surface area contributed by atoms with Gasteiger partial charge in [-0.1, -0.05) is 18.2 Å². The van der Waals surface area contributed by atoms with Crippen molar-refractivity contribution in [3.8, 4) is 11.5 Å². The SMILES string of the molecule is COC(=O)COc1c(Br)cc(C=NNC(=O)Nc2ccccc2C)cc1OC. The van der Waals surface area contributed by atoms with E-state index in [-0.39, 0.29) is 6.61 Å². The summed E-state index contributed by atoms with van der Waals surface area (Å²) in [4.78, 5) is 23.2. The number of rotatable bonds is 7. The molecule has 2 N–H and O–H groups in total. The Labute approximate surface area is 171 Å². The van der Waals surface area contributed by atoms with E-state index in [1.807, 2.05) is 25.1 Å². The lowest BCUT2D eigenvalue weighted by molar-refractivity contribution is -0.142. The number of benzene rings is 2. The maximum absolute atomic E-state index is 11.9. The van der Waals surface area contributed by atoms with Gasteiger partial charge in [0.1, 0.15) is 0 Å². The number of aryl methyl sites for hydroxylation is 1. The molecule has 0 heterocycles.